The lowest BCUT2D eigenvalue weighted by Crippen LogP contribution is -2.46. The lowest BCUT2D eigenvalue weighted by atomic mass is 10.1. The number of anilines is 1. The largest absolute Gasteiger partial charge is 0.441 e. The second kappa shape index (κ2) is 7.50. The summed E-state index contributed by atoms with van der Waals surface area (Å²) in [5.41, 5.74) is 0.704. The maximum absolute atomic E-state index is 12.1. The van der Waals surface area contributed by atoms with Crippen LogP contribution in [0.2, 0.25) is 0 Å². The van der Waals surface area contributed by atoms with Gasteiger partial charge in [-0.3, -0.25) is 0 Å². The normalized spacial score (nSPS) is 28.0. The van der Waals surface area contributed by atoms with E-state index in [1.165, 1.54) is 0 Å². The van der Waals surface area contributed by atoms with Gasteiger partial charge < -0.3 is 30.2 Å². The van der Waals surface area contributed by atoms with Crippen LogP contribution in [0.4, 0.5) is 15.3 Å². The van der Waals surface area contributed by atoms with Crippen molar-refractivity contribution in [1.82, 2.24) is 10.6 Å². The number of carbonyl (C=O) groups is 2. The molecule has 0 bridgehead atoms. The molecule has 130 valence electrons. The quantitative estimate of drug-likeness (QED) is 0.765. The van der Waals surface area contributed by atoms with Crippen molar-refractivity contribution < 1.29 is 23.8 Å². The summed E-state index contributed by atoms with van der Waals surface area (Å²) in [6, 6.07) is 8.54. The minimum atomic E-state index is -0.492. The Morgan fingerprint density at radius 2 is 1.92 bits per heavy atom. The molecule has 2 aliphatic heterocycles. The Kier molecular flexibility index (Phi) is 5.17. The van der Waals surface area contributed by atoms with Crippen molar-refractivity contribution in [3.05, 3.63) is 30.3 Å². The fourth-order valence-electron chi connectivity index (χ4n) is 2.87. The zero-order chi connectivity index (χ0) is 16.9. The number of rotatable bonds is 4. The van der Waals surface area contributed by atoms with Crippen LogP contribution < -0.4 is 16.0 Å². The molecule has 1 aromatic carbocycles. The number of alkyl carbamates (subject to hydrolysis) is 1. The SMILES string of the molecule is CCNC(=O)OC1COC2C(NC(=O)Nc3ccccc3)COC12. The summed E-state index contributed by atoms with van der Waals surface area (Å²) in [6.45, 7) is 2.87. The molecule has 4 atom stereocenters. The van der Waals surface area contributed by atoms with Crippen LogP contribution in [-0.2, 0) is 14.2 Å². The van der Waals surface area contributed by atoms with Crippen molar-refractivity contribution in [3.63, 3.8) is 0 Å². The standard InChI is InChI=1S/C16H21N3O5/c1-2-17-16(21)24-12-9-23-13-11(8-22-14(12)13)19-15(20)18-10-6-4-3-5-7-10/h3-7,11-14H,2,8-9H2,1H3,(H,17,21)(H2,18,19,20). The number of nitrogens with one attached hydrogen (secondary N) is 3. The Balaban J connectivity index is 1.51. The number of benzene rings is 1. The number of hydrogen-bond donors (Lipinski definition) is 3. The summed E-state index contributed by atoms with van der Waals surface area (Å²) >= 11 is 0. The Bertz CT molecular complexity index is 582. The summed E-state index contributed by atoms with van der Waals surface area (Å²) < 4.78 is 16.6. The number of amides is 3. The highest BCUT2D eigenvalue weighted by Crippen LogP contribution is 2.29. The molecule has 0 spiro atoms. The third-order valence-corrected chi connectivity index (χ3v) is 3.94. The van der Waals surface area contributed by atoms with E-state index >= 15 is 0 Å². The predicted molar refractivity (Wildman–Crippen MR) is 85.8 cm³/mol. The van der Waals surface area contributed by atoms with Crippen LogP contribution in [-0.4, -0.2) is 56.2 Å². The average Bonchev–Trinajstić information content (AvgIpc) is 3.13. The van der Waals surface area contributed by atoms with Gasteiger partial charge in [0.2, 0.25) is 0 Å². The lowest BCUT2D eigenvalue weighted by molar-refractivity contribution is 0.00419. The van der Waals surface area contributed by atoms with Crippen LogP contribution >= 0.6 is 0 Å². The third kappa shape index (κ3) is 3.77. The van der Waals surface area contributed by atoms with Gasteiger partial charge in [-0.1, -0.05) is 18.2 Å². The summed E-state index contributed by atoms with van der Waals surface area (Å²) in [5, 5.41) is 8.17. The number of urea groups is 1. The molecule has 8 heteroatoms. The topological polar surface area (TPSA) is 97.9 Å². The van der Waals surface area contributed by atoms with Crippen LogP contribution in [0.5, 0.6) is 0 Å². The van der Waals surface area contributed by atoms with Gasteiger partial charge in [-0.25, -0.2) is 9.59 Å². The van der Waals surface area contributed by atoms with E-state index in [-0.39, 0.29) is 30.9 Å². The van der Waals surface area contributed by atoms with Gasteiger partial charge in [0.1, 0.15) is 12.2 Å². The predicted octanol–water partition coefficient (Wildman–Crippen LogP) is 1.09. The molecule has 3 amide bonds. The zero-order valence-corrected chi connectivity index (χ0v) is 13.4. The second-order valence-corrected chi connectivity index (χ2v) is 5.64. The highest BCUT2D eigenvalue weighted by atomic mass is 16.6. The van der Waals surface area contributed by atoms with E-state index in [0.29, 0.717) is 18.8 Å². The molecule has 8 nitrogen and oxygen atoms in total. The molecule has 0 radical (unpaired) electrons. The van der Waals surface area contributed by atoms with Gasteiger partial charge in [-0.2, -0.15) is 0 Å². The van der Waals surface area contributed by atoms with E-state index in [1.54, 1.807) is 12.1 Å². The maximum Gasteiger partial charge on any atom is 0.407 e. The fraction of sp³-hybridized carbons (Fsp3) is 0.500. The van der Waals surface area contributed by atoms with Crippen molar-refractivity contribution >= 4 is 17.8 Å². The minimum Gasteiger partial charge on any atom is -0.441 e. The van der Waals surface area contributed by atoms with E-state index in [0.717, 1.165) is 0 Å². The Morgan fingerprint density at radius 1 is 1.17 bits per heavy atom. The molecule has 2 fully saturated rings. The number of fused-ring (bicyclic) bond motifs is 1. The molecule has 2 saturated heterocycles. The molecule has 0 aromatic heterocycles. The number of hydrogen-bond acceptors (Lipinski definition) is 5. The van der Waals surface area contributed by atoms with Crippen LogP contribution in [0.15, 0.2) is 30.3 Å². The summed E-state index contributed by atoms with van der Waals surface area (Å²) in [4.78, 5) is 23.6. The summed E-state index contributed by atoms with van der Waals surface area (Å²) in [7, 11) is 0. The smallest absolute Gasteiger partial charge is 0.407 e. The van der Waals surface area contributed by atoms with Gasteiger partial charge in [0.15, 0.2) is 6.10 Å². The van der Waals surface area contributed by atoms with E-state index < -0.39 is 12.2 Å². The van der Waals surface area contributed by atoms with Crippen LogP contribution in [0, 0.1) is 0 Å². The third-order valence-electron chi connectivity index (χ3n) is 3.94. The van der Waals surface area contributed by atoms with Gasteiger partial charge in [0.05, 0.1) is 19.3 Å². The van der Waals surface area contributed by atoms with Gasteiger partial charge in [-0.15, -0.1) is 0 Å². The van der Waals surface area contributed by atoms with Gasteiger partial charge in [0, 0.05) is 12.2 Å². The van der Waals surface area contributed by atoms with Gasteiger partial charge >= 0.3 is 12.1 Å². The van der Waals surface area contributed by atoms with E-state index in [2.05, 4.69) is 16.0 Å². The van der Waals surface area contributed by atoms with Crippen LogP contribution in [0.1, 0.15) is 6.92 Å². The van der Waals surface area contributed by atoms with E-state index in [4.69, 9.17) is 14.2 Å². The zero-order valence-electron chi connectivity index (χ0n) is 13.4. The molecule has 24 heavy (non-hydrogen) atoms. The van der Waals surface area contributed by atoms with Crippen molar-refractivity contribution in [2.45, 2.75) is 31.3 Å². The molecular weight excluding hydrogens is 314 g/mol. The first-order valence-corrected chi connectivity index (χ1v) is 7.97. The summed E-state index contributed by atoms with van der Waals surface area (Å²) in [6.07, 6.45) is -1.65. The number of carbonyl (C=O) groups excluding carboxylic acids is 2. The first-order valence-electron chi connectivity index (χ1n) is 7.97. The van der Waals surface area contributed by atoms with E-state index in [1.807, 2.05) is 25.1 Å². The minimum absolute atomic E-state index is 0.255. The first kappa shape index (κ1) is 16.5. The monoisotopic (exact) mass is 335 g/mol. The maximum atomic E-state index is 12.1. The molecule has 1 aromatic rings. The lowest BCUT2D eigenvalue weighted by Gasteiger charge is -2.18. The Hall–Kier alpha value is -2.32. The number of ether oxygens (including phenoxy) is 3. The van der Waals surface area contributed by atoms with Crippen molar-refractivity contribution in [2.75, 3.05) is 25.1 Å². The highest BCUT2D eigenvalue weighted by Gasteiger charge is 2.50. The first-order chi connectivity index (χ1) is 11.7. The summed E-state index contributed by atoms with van der Waals surface area (Å²) in [5.74, 6) is 0. The average molecular weight is 335 g/mol. The Labute approximate surface area is 139 Å². The van der Waals surface area contributed by atoms with Crippen LogP contribution in [0.25, 0.3) is 0 Å². The van der Waals surface area contributed by atoms with Crippen LogP contribution in [0.3, 0.4) is 0 Å². The molecule has 0 aliphatic carbocycles. The van der Waals surface area contributed by atoms with Gasteiger partial charge in [0.25, 0.3) is 0 Å². The van der Waals surface area contributed by atoms with Gasteiger partial charge in [-0.05, 0) is 19.1 Å². The Morgan fingerprint density at radius 3 is 2.67 bits per heavy atom. The van der Waals surface area contributed by atoms with Crippen molar-refractivity contribution in [3.8, 4) is 0 Å². The molecule has 0 saturated carbocycles. The fourth-order valence-corrected chi connectivity index (χ4v) is 2.87. The molecule has 4 unspecified atom stereocenters. The van der Waals surface area contributed by atoms with Crippen molar-refractivity contribution in [2.24, 2.45) is 0 Å². The molecular formula is C16H21N3O5. The van der Waals surface area contributed by atoms with E-state index in [9.17, 15) is 9.59 Å². The second-order valence-electron chi connectivity index (χ2n) is 5.64. The van der Waals surface area contributed by atoms with Crippen molar-refractivity contribution in [1.29, 1.82) is 0 Å². The number of para-hydroxylation sites is 1. The molecule has 2 aliphatic rings. The highest BCUT2D eigenvalue weighted by molar-refractivity contribution is 5.89. The molecule has 3 rings (SSSR count). The molecule has 3 N–H and O–H groups in total. The molecule has 2 heterocycles.